The molecule has 1 amide bonds. The molecule has 8 heteroatoms. The third kappa shape index (κ3) is 2.48. The Labute approximate surface area is 114 Å². The minimum atomic E-state index is -1.51. The number of benzene rings is 1. The molecule has 0 aromatic heterocycles. The van der Waals surface area contributed by atoms with E-state index in [1.54, 1.807) is 0 Å². The molecule has 0 unspecified atom stereocenters. The Kier molecular flexibility index (Phi) is 3.98. The molecule has 8 nitrogen and oxygen atoms in total. The van der Waals surface area contributed by atoms with Crippen molar-refractivity contribution in [1.82, 2.24) is 5.32 Å². The van der Waals surface area contributed by atoms with Gasteiger partial charge in [-0.25, -0.2) is 0 Å². The van der Waals surface area contributed by atoms with Crippen molar-refractivity contribution in [2.24, 2.45) is 0 Å². The smallest absolute Gasteiger partial charge is 0.254 e. The average Bonchev–Trinajstić information content (AvgIpc) is 2.91. The van der Waals surface area contributed by atoms with Crippen LogP contribution in [0.2, 0.25) is 0 Å². The van der Waals surface area contributed by atoms with Crippen LogP contribution in [0.5, 0.6) is 11.5 Å². The molecule has 0 fully saturated rings. The van der Waals surface area contributed by atoms with E-state index in [-0.39, 0.29) is 18.0 Å². The Bertz CT molecular complexity index is 507. The van der Waals surface area contributed by atoms with E-state index in [1.165, 1.54) is 12.1 Å². The number of amides is 1. The number of aliphatic hydroxyl groups excluding tert-OH is 3. The number of nitrogen functional groups attached to an aromatic ring is 1. The lowest BCUT2D eigenvalue weighted by atomic mass is 10.0. The fourth-order valence-electron chi connectivity index (χ4n) is 1.73. The van der Waals surface area contributed by atoms with Crippen LogP contribution in [-0.2, 0) is 0 Å². The number of hydrogen-bond acceptors (Lipinski definition) is 7. The second-order valence-corrected chi connectivity index (χ2v) is 4.50. The molecule has 2 rings (SSSR count). The zero-order valence-electron chi connectivity index (χ0n) is 10.6. The topological polar surface area (TPSA) is 134 Å². The molecule has 1 aromatic rings. The van der Waals surface area contributed by atoms with Crippen molar-refractivity contribution in [3.05, 3.63) is 17.7 Å². The molecule has 20 heavy (non-hydrogen) atoms. The second-order valence-electron chi connectivity index (χ2n) is 4.50. The van der Waals surface area contributed by atoms with Gasteiger partial charge in [-0.15, -0.1) is 0 Å². The third-order valence-electron chi connectivity index (χ3n) is 3.08. The number of hydrogen-bond donors (Lipinski definition) is 5. The Morgan fingerprint density at radius 3 is 2.30 bits per heavy atom. The quantitative estimate of drug-likeness (QED) is 0.413. The van der Waals surface area contributed by atoms with Gasteiger partial charge in [0.1, 0.15) is 5.54 Å². The summed E-state index contributed by atoms with van der Waals surface area (Å²) < 4.78 is 10.3. The predicted molar refractivity (Wildman–Crippen MR) is 68.4 cm³/mol. The molecule has 0 spiro atoms. The standard InChI is InChI=1S/C12H16N2O6/c13-8-2-10-9(19-6-20-10)1-7(8)11(18)14-12(3-15,4-16)5-17/h1-2,15-17H,3-6,13H2,(H,14,18). The molecule has 0 bridgehead atoms. The van der Waals surface area contributed by atoms with Crippen LogP contribution < -0.4 is 20.5 Å². The fourth-order valence-corrected chi connectivity index (χ4v) is 1.73. The Hall–Kier alpha value is -2.03. The maximum Gasteiger partial charge on any atom is 0.254 e. The van der Waals surface area contributed by atoms with E-state index in [0.717, 1.165) is 0 Å². The number of carbonyl (C=O) groups is 1. The highest BCUT2D eigenvalue weighted by Gasteiger charge is 2.31. The van der Waals surface area contributed by atoms with Crippen molar-refractivity contribution in [3.8, 4) is 11.5 Å². The molecule has 0 aliphatic carbocycles. The Morgan fingerprint density at radius 1 is 1.20 bits per heavy atom. The summed E-state index contributed by atoms with van der Waals surface area (Å²) in [7, 11) is 0. The monoisotopic (exact) mass is 284 g/mol. The molecule has 0 saturated carbocycles. The normalized spacial score (nSPS) is 13.3. The van der Waals surface area contributed by atoms with Gasteiger partial charge >= 0.3 is 0 Å². The summed E-state index contributed by atoms with van der Waals surface area (Å²) in [5.41, 5.74) is 4.51. The van der Waals surface area contributed by atoms with Crippen LogP contribution in [0.15, 0.2) is 12.1 Å². The van der Waals surface area contributed by atoms with Crippen molar-refractivity contribution in [2.45, 2.75) is 5.54 Å². The summed E-state index contributed by atoms with van der Waals surface area (Å²) >= 11 is 0. The molecule has 0 saturated heterocycles. The number of anilines is 1. The maximum atomic E-state index is 12.1. The van der Waals surface area contributed by atoms with Crippen LogP contribution in [0.25, 0.3) is 0 Å². The van der Waals surface area contributed by atoms with Crippen LogP contribution in [0, 0.1) is 0 Å². The third-order valence-corrected chi connectivity index (χ3v) is 3.08. The number of carbonyl (C=O) groups excluding carboxylic acids is 1. The molecule has 6 N–H and O–H groups in total. The van der Waals surface area contributed by atoms with Gasteiger partial charge in [0.05, 0.1) is 25.4 Å². The van der Waals surface area contributed by atoms with E-state index in [9.17, 15) is 20.1 Å². The van der Waals surface area contributed by atoms with Crippen molar-refractivity contribution >= 4 is 11.6 Å². The first-order chi connectivity index (χ1) is 9.55. The lowest BCUT2D eigenvalue weighted by Gasteiger charge is -2.28. The van der Waals surface area contributed by atoms with Crippen LogP contribution in [-0.4, -0.2) is 53.4 Å². The van der Waals surface area contributed by atoms with Gasteiger partial charge in [0.25, 0.3) is 5.91 Å². The average molecular weight is 284 g/mol. The molecule has 1 heterocycles. The van der Waals surface area contributed by atoms with Gasteiger partial charge in [-0.1, -0.05) is 0 Å². The first kappa shape index (κ1) is 14.4. The van der Waals surface area contributed by atoms with Gasteiger partial charge in [-0.05, 0) is 6.07 Å². The number of ether oxygens (including phenoxy) is 2. The van der Waals surface area contributed by atoms with Gasteiger partial charge < -0.3 is 35.8 Å². The maximum absolute atomic E-state index is 12.1. The summed E-state index contributed by atoms with van der Waals surface area (Å²) in [6.45, 7) is -1.80. The number of fused-ring (bicyclic) bond motifs is 1. The SMILES string of the molecule is Nc1cc2c(cc1C(=O)NC(CO)(CO)CO)OCO2. The van der Waals surface area contributed by atoms with E-state index in [1.807, 2.05) is 0 Å². The van der Waals surface area contributed by atoms with Crippen molar-refractivity contribution in [2.75, 3.05) is 32.3 Å². The van der Waals surface area contributed by atoms with Crippen LogP contribution in [0.1, 0.15) is 10.4 Å². The van der Waals surface area contributed by atoms with Gasteiger partial charge in [-0.2, -0.15) is 0 Å². The molecule has 1 aliphatic heterocycles. The highest BCUT2D eigenvalue weighted by atomic mass is 16.7. The summed E-state index contributed by atoms with van der Waals surface area (Å²) in [6, 6.07) is 2.86. The van der Waals surface area contributed by atoms with E-state index in [0.29, 0.717) is 11.5 Å². The van der Waals surface area contributed by atoms with E-state index >= 15 is 0 Å². The van der Waals surface area contributed by atoms with Gasteiger partial charge in [-0.3, -0.25) is 4.79 Å². The van der Waals surface area contributed by atoms with Crippen LogP contribution in [0.4, 0.5) is 5.69 Å². The summed E-state index contributed by atoms with van der Waals surface area (Å²) in [6.07, 6.45) is 0. The number of rotatable bonds is 5. The number of nitrogens with two attached hydrogens (primary N) is 1. The van der Waals surface area contributed by atoms with Crippen LogP contribution >= 0.6 is 0 Å². The lowest BCUT2D eigenvalue weighted by Crippen LogP contribution is -2.57. The molecular formula is C12H16N2O6. The number of aliphatic hydroxyl groups is 3. The predicted octanol–water partition coefficient (Wildman–Crippen LogP) is -1.56. The Morgan fingerprint density at radius 2 is 1.75 bits per heavy atom. The zero-order chi connectivity index (χ0) is 14.8. The second kappa shape index (κ2) is 5.53. The van der Waals surface area contributed by atoms with E-state index in [4.69, 9.17) is 15.2 Å². The Balaban J connectivity index is 2.25. The minimum absolute atomic E-state index is 0.0493. The van der Waals surface area contributed by atoms with E-state index in [2.05, 4.69) is 5.32 Å². The largest absolute Gasteiger partial charge is 0.454 e. The van der Waals surface area contributed by atoms with Crippen molar-refractivity contribution in [3.63, 3.8) is 0 Å². The fraction of sp³-hybridized carbons (Fsp3) is 0.417. The first-order valence-electron chi connectivity index (χ1n) is 5.89. The zero-order valence-corrected chi connectivity index (χ0v) is 10.6. The minimum Gasteiger partial charge on any atom is -0.454 e. The number of nitrogens with one attached hydrogen (secondary N) is 1. The van der Waals surface area contributed by atoms with Crippen molar-refractivity contribution < 1.29 is 29.6 Å². The van der Waals surface area contributed by atoms with Gasteiger partial charge in [0.15, 0.2) is 11.5 Å². The first-order valence-corrected chi connectivity index (χ1v) is 5.89. The molecule has 110 valence electrons. The summed E-state index contributed by atoms with van der Waals surface area (Å²) in [5.74, 6) is 0.182. The molecule has 0 atom stereocenters. The molecular weight excluding hydrogens is 268 g/mol. The highest BCUT2D eigenvalue weighted by Crippen LogP contribution is 2.35. The molecule has 0 radical (unpaired) electrons. The highest BCUT2D eigenvalue weighted by molar-refractivity contribution is 6.00. The molecule has 1 aromatic carbocycles. The van der Waals surface area contributed by atoms with Gasteiger partial charge in [0, 0.05) is 11.8 Å². The molecule has 1 aliphatic rings. The summed E-state index contributed by atoms with van der Waals surface area (Å²) in [4.78, 5) is 12.1. The van der Waals surface area contributed by atoms with Gasteiger partial charge in [0.2, 0.25) is 6.79 Å². The van der Waals surface area contributed by atoms with E-state index < -0.39 is 31.3 Å². The van der Waals surface area contributed by atoms with Crippen LogP contribution in [0.3, 0.4) is 0 Å². The lowest BCUT2D eigenvalue weighted by molar-refractivity contribution is 0.0375. The van der Waals surface area contributed by atoms with Crippen molar-refractivity contribution in [1.29, 1.82) is 0 Å². The summed E-state index contributed by atoms with van der Waals surface area (Å²) in [5, 5.41) is 29.9.